The number of aromatic hydroxyl groups is 4. The minimum Gasteiger partial charge on any atom is -0.504 e. The maximum absolute atomic E-state index is 11.4. The van der Waals surface area contributed by atoms with Gasteiger partial charge in [0.15, 0.2) is 23.0 Å². The fourth-order valence-corrected chi connectivity index (χ4v) is 8.60. The van der Waals surface area contributed by atoms with Crippen LogP contribution in [0.3, 0.4) is 0 Å². The maximum Gasteiger partial charge on any atom is 0.161 e. The molecule has 4 unspecified atom stereocenters. The fraction of sp³-hybridized carbons (Fsp3) is 0.600. The molecule has 2 aromatic rings. The minimum atomic E-state index is -0.583. The van der Waals surface area contributed by atoms with Gasteiger partial charge < -0.3 is 20.4 Å². The number of hydrogen-bond acceptors (Lipinski definition) is 4. The Hall–Kier alpha value is -2.36. The summed E-state index contributed by atoms with van der Waals surface area (Å²) in [6.45, 7) is 18.0. The largest absolute Gasteiger partial charge is 0.504 e. The molecule has 0 saturated heterocycles. The van der Waals surface area contributed by atoms with Gasteiger partial charge in [-0.25, -0.2) is 0 Å². The average Bonchev–Trinajstić information content (AvgIpc) is 3.04. The molecule has 0 bridgehead atoms. The second-order valence-corrected chi connectivity index (χ2v) is 12.8. The van der Waals surface area contributed by atoms with Gasteiger partial charge in [-0.2, -0.15) is 0 Å². The third-order valence-corrected chi connectivity index (χ3v) is 8.71. The topological polar surface area (TPSA) is 80.9 Å². The minimum absolute atomic E-state index is 0.0389. The van der Waals surface area contributed by atoms with E-state index in [-0.39, 0.29) is 45.7 Å². The number of fused-ring (bicyclic) bond motifs is 4. The van der Waals surface area contributed by atoms with Crippen LogP contribution in [0.2, 0.25) is 0 Å². The van der Waals surface area contributed by atoms with Crippen molar-refractivity contribution in [2.24, 2.45) is 23.7 Å². The molecule has 2 aliphatic carbocycles. The first-order chi connectivity index (χ1) is 15.7. The molecule has 0 saturated carbocycles. The molecule has 4 rings (SSSR count). The van der Waals surface area contributed by atoms with Gasteiger partial charge in [-0.3, -0.25) is 0 Å². The smallest absolute Gasteiger partial charge is 0.161 e. The summed E-state index contributed by atoms with van der Waals surface area (Å²) in [4.78, 5) is 0. The van der Waals surface area contributed by atoms with Gasteiger partial charge in [0.2, 0.25) is 0 Å². The zero-order valence-corrected chi connectivity index (χ0v) is 22.0. The van der Waals surface area contributed by atoms with Crippen molar-refractivity contribution >= 4 is 0 Å². The lowest BCUT2D eigenvalue weighted by atomic mass is 9.57. The first kappa shape index (κ1) is 24.8. The Morgan fingerprint density at radius 2 is 1.32 bits per heavy atom. The highest BCUT2D eigenvalue weighted by molar-refractivity contribution is 5.69. The third-order valence-electron chi connectivity index (χ3n) is 8.71. The number of benzene rings is 2. The zero-order valence-electron chi connectivity index (χ0n) is 22.0. The molecule has 4 heteroatoms. The predicted octanol–water partition coefficient (Wildman–Crippen LogP) is 7.09. The van der Waals surface area contributed by atoms with Crippen molar-refractivity contribution in [2.45, 2.75) is 90.9 Å². The van der Waals surface area contributed by atoms with Crippen molar-refractivity contribution in [1.82, 2.24) is 0 Å². The second-order valence-electron chi connectivity index (χ2n) is 12.8. The van der Waals surface area contributed by atoms with Crippen LogP contribution in [0.15, 0.2) is 24.3 Å². The SMILES string of the molecule is CC(C)CC1(C)CC2(c3cc(O)c(O)cc3C(C)(CC(C)C)C2C(C)C)c2c1ccc(O)c2O. The van der Waals surface area contributed by atoms with Crippen LogP contribution in [-0.4, -0.2) is 20.4 Å². The molecular weight excluding hydrogens is 424 g/mol. The molecular formula is C30H42O4. The number of phenolic OH excluding ortho intramolecular Hbond substituents is 4. The lowest BCUT2D eigenvalue weighted by Crippen LogP contribution is -2.44. The van der Waals surface area contributed by atoms with Crippen molar-refractivity contribution in [3.63, 3.8) is 0 Å². The summed E-state index contributed by atoms with van der Waals surface area (Å²) in [7, 11) is 0. The van der Waals surface area contributed by atoms with Crippen LogP contribution in [0, 0.1) is 23.7 Å². The van der Waals surface area contributed by atoms with Crippen molar-refractivity contribution in [1.29, 1.82) is 0 Å². The fourth-order valence-electron chi connectivity index (χ4n) is 8.60. The van der Waals surface area contributed by atoms with Crippen molar-refractivity contribution in [2.75, 3.05) is 0 Å². The highest BCUT2D eigenvalue weighted by Crippen LogP contribution is 2.71. The molecule has 0 heterocycles. The first-order valence-electron chi connectivity index (χ1n) is 12.8. The number of phenols is 4. The van der Waals surface area contributed by atoms with E-state index in [1.807, 2.05) is 6.07 Å². The van der Waals surface area contributed by atoms with E-state index in [1.165, 1.54) is 0 Å². The van der Waals surface area contributed by atoms with Gasteiger partial charge in [0.05, 0.1) is 0 Å². The van der Waals surface area contributed by atoms with E-state index in [4.69, 9.17) is 0 Å². The molecule has 34 heavy (non-hydrogen) atoms. The summed E-state index contributed by atoms with van der Waals surface area (Å²) in [6.07, 6.45) is 2.67. The summed E-state index contributed by atoms with van der Waals surface area (Å²) in [5.74, 6) is 0.878. The Bertz CT molecular complexity index is 1120. The van der Waals surface area contributed by atoms with Crippen LogP contribution >= 0.6 is 0 Å². The van der Waals surface area contributed by atoms with Gasteiger partial charge >= 0.3 is 0 Å². The average molecular weight is 467 g/mol. The Morgan fingerprint density at radius 3 is 1.85 bits per heavy atom. The van der Waals surface area contributed by atoms with E-state index >= 15 is 0 Å². The molecule has 0 radical (unpaired) electrons. The molecule has 0 fully saturated rings. The predicted molar refractivity (Wildman–Crippen MR) is 137 cm³/mol. The molecule has 186 valence electrons. The molecule has 4 N–H and O–H groups in total. The molecule has 2 aromatic carbocycles. The molecule has 4 nitrogen and oxygen atoms in total. The van der Waals surface area contributed by atoms with Gasteiger partial charge in [-0.15, -0.1) is 0 Å². The summed E-state index contributed by atoms with van der Waals surface area (Å²) >= 11 is 0. The highest BCUT2D eigenvalue weighted by Gasteiger charge is 2.66. The molecule has 4 atom stereocenters. The van der Waals surface area contributed by atoms with Gasteiger partial charge in [0, 0.05) is 11.0 Å². The first-order valence-corrected chi connectivity index (χ1v) is 12.8. The Labute approximate surface area is 204 Å². The Morgan fingerprint density at radius 1 is 0.765 bits per heavy atom. The van der Waals surface area contributed by atoms with E-state index in [0.717, 1.165) is 41.5 Å². The van der Waals surface area contributed by atoms with Crippen LogP contribution in [0.1, 0.15) is 96.9 Å². The van der Waals surface area contributed by atoms with Crippen molar-refractivity contribution in [3.8, 4) is 23.0 Å². The summed E-state index contributed by atoms with van der Waals surface area (Å²) in [6, 6.07) is 7.11. The molecule has 0 aromatic heterocycles. The van der Waals surface area contributed by atoms with Crippen LogP contribution in [0.5, 0.6) is 23.0 Å². The van der Waals surface area contributed by atoms with Crippen LogP contribution < -0.4 is 0 Å². The Kier molecular flexibility index (Phi) is 5.70. The van der Waals surface area contributed by atoms with Crippen molar-refractivity contribution in [3.05, 3.63) is 46.5 Å². The summed E-state index contributed by atoms with van der Waals surface area (Å²) < 4.78 is 0. The van der Waals surface area contributed by atoms with Crippen molar-refractivity contribution < 1.29 is 20.4 Å². The third kappa shape index (κ3) is 3.24. The molecule has 0 aliphatic heterocycles. The monoisotopic (exact) mass is 466 g/mol. The lowest BCUT2D eigenvalue weighted by Gasteiger charge is -2.45. The molecule has 2 aliphatic rings. The van der Waals surface area contributed by atoms with Gasteiger partial charge in [0.25, 0.3) is 0 Å². The van der Waals surface area contributed by atoms with E-state index in [0.29, 0.717) is 11.8 Å². The normalized spacial score (nSPS) is 30.0. The summed E-state index contributed by atoms with van der Waals surface area (Å²) in [5.41, 5.74) is 2.89. The zero-order chi connectivity index (χ0) is 25.4. The van der Waals surface area contributed by atoms with E-state index < -0.39 is 5.41 Å². The molecule has 0 amide bonds. The van der Waals surface area contributed by atoms with E-state index in [9.17, 15) is 20.4 Å². The second kappa shape index (κ2) is 7.83. The van der Waals surface area contributed by atoms with E-state index in [1.54, 1.807) is 18.2 Å². The van der Waals surface area contributed by atoms with Crippen LogP contribution in [-0.2, 0) is 16.2 Å². The summed E-state index contributed by atoms with van der Waals surface area (Å²) in [5, 5.41) is 43.4. The number of rotatable bonds is 5. The van der Waals surface area contributed by atoms with Crippen LogP contribution in [0.25, 0.3) is 0 Å². The van der Waals surface area contributed by atoms with Gasteiger partial charge in [0.1, 0.15) is 0 Å². The maximum atomic E-state index is 11.4. The standard InChI is InChI=1S/C30H42O4/c1-16(2)13-28(7)15-30(25-19(28)9-10-22(31)26(25)34)21-12-24(33)23(32)11-20(21)29(8,14-17(3)4)27(30)18(5)6/h9-12,16-18,27,31-34H,13-15H2,1-8H3. The van der Waals surface area contributed by atoms with Crippen LogP contribution in [0.4, 0.5) is 0 Å². The highest BCUT2D eigenvalue weighted by atomic mass is 16.3. The molecule has 1 spiro atoms. The quantitative estimate of drug-likeness (QED) is 0.355. The van der Waals surface area contributed by atoms with E-state index in [2.05, 4.69) is 55.4 Å². The van der Waals surface area contributed by atoms with Gasteiger partial charge in [-0.05, 0) is 88.7 Å². The number of hydrogen-bond donors (Lipinski definition) is 4. The Balaban J connectivity index is 2.16. The van der Waals surface area contributed by atoms with Gasteiger partial charge in [-0.1, -0.05) is 61.5 Å². The lowest BCUT2D eigenvalue weighted by molar-refractivity contribution is 0.126.